The van der Waals surface area contributed by atoms with E-state index in [4.69, 9.17) is 11.6 Å². The molecular weight excluding hydrogens is 270 g/mol. The standard InChI is InChI=1S/C12H12ClN3OS/c1-7-6-18-12(15-7)8(2)16-11(17)9-3-4-10(13)14-5-9/h3-6,8H,1-2H3,(H,16,17). The van der Waals surface area contributed by atoms with Crippen LogP contribution in [-0.2, 0) is 0 Å². The zero-order valence-electron chi connectivity index (χ0n) is 9.98. The van der Waals surface area contributed by atoms with E-state index in [-0.39, 0.29) is 11.9 Å². The maximum atomic E-state index is 11.9. The summed E-state index contributed by atoms with van der Waals surface area (Å²) < 4.78 is 0. The molecule has 1 amide bonds. The summed E-state index contributed by atoms with van der Waals surface area (Å²) in [6.07, 6.45) is 1.46. The third-order valence-electron chi connectivity index (χ3n) is 2.34. The predicted octanol–water partition coefficient (Wildman–Crippen LogP) is 2.99. The number of carbonyl (C=O) groups is 1. The summed E-state index contributed by atoms with van der Waals surface area (Å²) in [6.45, 7) is 3.83. The minimum Gasteiger partial charge on any atom is -0.343 e. The number of nitrogens with one attached hydrogen (secondary N) is 1. The molecule has 0 aliphatic rings. The average Bonchev–Trinajstić information content (AvgIpc) is 2.76. The lowest BCUT2D eigenvalue weighted by molar-refractivity contribution is 0.0939. The second-order valence-corrected chi connectivity index (χ2v) is 5.17. The van der Waals surface area contributed by atoms with Crippen molar-refractivity contribution in [1.29, 1.82) is 0 Å². The molecule has 2 aromatic rings. The summed E-state index contributed by atoms with van der Waals surface area (Å²) >= 11 is 7.20. The Bertz CT molecular complexity index is 553. The Hall–Kier alpha value is -1.46. The monoisotopic (exact) mass is 281 g/mol. The average molecular weight is 282 g/mol. The first kappa shape index (κ1) is 13.0. The van der Waals surface area contributed by atoms with Crippen molar-refractivity contribution in [1.82, 2.24) is 15.3 Å². The molecule has 1 N–H and O–H groups in total. The first-order chi connectivity index (χ1) is 8.56. The van der Waals surface area contributed by atoms with Gasteiger partial charge >= 0.3 is 0 Å². The van der Waals surface area contributed by atoms with E-state index in [2.05, 4.69) is 15.3 Å². The third-order valence-corrected chi connectivity index (χ3v) is 3.71. The molecule has 0 aliphatic heterocycles. The van der Waals surface area contributed by atoms with Gasteiger partial charge in [0.05, 0.1) is 11.6 Å². The van der Waals surface area contributed by atoms with Crippen LogP contribution < -0.4 is 5.32 Å². The van der Waals surface area contributed by atoms with Crippen molar-refractivity contribution >= 4 is 28.8 Å². The Morgan fingerprint density at radius 3 is 2.83 bits per heavy atom. The van der Waals surface area contributed by atoms with E-state index in [0.29, 0.717) is 10.7 Å². The number of hydrogen-bond acceptors (Lipinski definition) is 4. The van der Waals surface area contributed by atoms with Crippen molar-refractivity contribution in [2.24, 2.45) is 0 Å². The Labute approximate surface area is 114 Å². The smallest absolute Gasteiger partial charge is 0.253 e. The van der Waals surface area contributed by atoms with E-state index in [1.165, 1.54) is 17.5 Å². The third kappa shape index (κ3) is 3.05. The molecule has 0 bridgehead atoms. The zero-order valence-corrected chi connectivity index (χ0v) is 11.5. The van der Waals surface area contributed by atoms with Crippen molar-refractivity contribution in [3.8, 4) is 0 Å². The van der Waals surface area contributed by atoms with Crippen LogP contribution in [0.15, 0.2) is 23.7 Å². The van der Waals surface area contributed by atoms with Gasteiger partial charge < -0.3 is 5.32 Å². The number of halogens is 1. The van der Waals surface area contributed by atoms with Gasteiger partial charge in [-0.25, -0.2) is 9.97 Å². The fraction of sp³-hybridized carbons (Fsp3) is 0.250. The molecule has 0 saturated heterocycles. The Balaban J connectivity index is 2.05. The fourth-order valence-electron chi connectivity index (χ4n) is 1.42. The molecule has 0 spiro atoms. The molecule has 0 fully saturated rings. The SMILES string of the molecule is Cc1csc(C(C)NC(=O)c2ccc(Cl)nc2)n1. The molecule has 1 atom stereocenters. The van der Waals surface area contributed by atoms with Gasteiger partial charge in [-0.3, -0.25) is 4.79 Å². The number of hydrogen-bond donors (Lipinski definition) is 1. The van der Waals surface area contributed by atoms with Crippen LogP contribution in [0, 0.1) is 6.92 Å². The second-order valence-electron chi connectivity index (χ2n) is 3.89. The zero-order chi connectivity index (χ0) is 13.1. The normalized spacial score (nSPS) is 12.2. The van der Waals surface area contributed by atoms with Gasteiger partial charge in [-0.05, 0) is 26.0 Å². The highest BCUT2D eigenvalue weighted by Crippen LogP contribution is 2.18. The Kier molecular flexibility index (Phi) is 3.93. The largest absolute Gasteiger partial charge is 0.343 e. The van der Waals surface area contributed by atoms with Crippen molar-refractivity contribution < 1.29 is 4.79 Å². The Morgan fingerprint density at radius 1 is 1.50 bits per heavy atom. The molecule has 94 valence electrons. The van der Waals surface area contributed by atoms with Gasteiger partial charge in [0.1, 0.15) is 10.2 Å². The number of aromatic nitrogens is 2. The van der Waals surface area contributed by atoms with Crippen LogP contribution in [0.5, 0.6) is 0 Å². The van der Waals surface area contributed by atoms with E-state index in [1.54, 1.807) is 12.1 Å². The van der Waals surface area contributed by atoms with Crippen molar-refractivity contribution in [2.75, 3.05) is 0 Å². The summed E-state index contributed by atoms with van der Waals surface area (Å²) in [7, 11) is 0. The molecular formula is C12H12ClN3OS. The minimum atomic E-state index is -0.181. The molecule has 0 aliphatic carbocycles. The number of carbonyl (C=O) groups excluding carboxylic acids is 1. The van der Waals surface area contributed by atoms with Gasteiger partial charge in [0.15, 0.2) is 0 Å². The molecule has 1 unspecified atom stereocenters. The lowest BCUT2D eigenvalue weighted by Crippen LogP contribution is -2.26. The van der Waals surface area contributed by atoms with E-state index in [1.807, 2.05) is 19.2 Å². The molecule has 6 heteroatoms. The number of aryl methyl sites for hydroxylation is 1. The molecule has 0 saturated carbocycles. The van der Waals surface area contributed by atoms with Crippen LogP contribution in [0.1, 0.15) is 34.0 Å². The first-order valence-corrected chi connectivity index (χ1v) is 6.66. The van der Waals surface area contributed by atoms with Crippen LogP contribution in [0.4, 0.5) is 0 Å². The van der Waals surface area contributed by atoms with Gasteiger partial charge in [-0.15, -0.1) is 11.3 Å². The lowest BCUT2D eigenvalue weighted by Gasteiger charge is -2.10. The van der Waals surface area contributed by atoms with Gasteiger partial charge in [-0.2, -0.15) is 0 Å². The van der Waals surface area contributed by atoms with Crippen LogP contribution in [0.2, 0.25) is 5.15 Å². The van der Waals surface area contributed by atoms with Crippen LogP contribution >= 0.6 is 22.9 Å². The van der Waals surface area contributed by atoms with Gasteiger partial charge in [-0.1, -0.05) is 11.6 Å². The molecule has 0 aromatic carbocycles. The Morgan fingerprint density at radius 2 is 2.28 bits per heavy atom. The van der Waals surface area contributed by atoms with Gasteiger partial charge in [0.25, 0.3) is 5.91 Å². The highest BCUT2D eigenvalue weighted by Gasteiger charge is 2.14. The van der Waals surface area contributed by atoms with E-state index in [0.717, 1.165) is 10.7 Å². The number of thiazole rings is 1. The van der Waals surface area contributed by atoms with Gasteiger partial charge in [0.2, 0.25) is 0 Å². The number of rotatable bonds is 3. The summed E-state index contributed by atoms with van der Waals surface area (Å²) in [5.74, 6) is -0.181. The highest BCUT2D eigenvalue weighted by atomic mass is 35.5. The van der Waals surface area contributed by atoms with Crippen molar-refractivity contribution in [2.45, 2.75) is 19.9 Å². The quantitative estimate of drug-likeness (QED) is 0.880. The maximum absolute atomic E-state index is 11.9. The number of pyridine rings is 1. The predicted molar refractivity (Wildman–Crippen MR) is 72.0 cm³/mol. The second kappa shape index (κ2) is 5.46. The van der Waals surface area contributed by atoms with Crippen LogP contribution in [0.25, 0.3) is 0 Å². The maximum Gasteiger partial charge on any atom is 0.253 e. The molecule has 2 aromatic heterocycles. The van der Waals surface area contributed by atoms with Crippen LogP contribution in [-0.4, -0.2) is 15.9 Å². The van der Waals surface area contributed by atoms with E-state index >= 15 is 0 Å². The minimum absolute atomic E-state index is 0.119. The molecule has 18 heavy (non-hydrogen) atoms. The number of amides is 1. The molecule has 2 heterocycles. The topological polar surface area (TPSA) is 54.9 Å². The van der Waals surface area contributed by atoms with Crippen molar-refractivity contribution in [3.63, 3.8) is 0 Å². The summed E-state index contributed by atoms with van der Waals surface area (Å²) in [5, 5.41) is 6.09. The van der Waals surface area contributed by atoms with E-state index in [9.17, 15) is 4.79 Å². The number of nitrogens with zero attached hydrogens (tertiary/aromatic N) is 2. The highest BCUT2D eigenvalue weighted by molar-refractivity contribution is 7.09. The fourth-order valence-corrected chi connectivity index (χ4v) is 2.34. The molecule has 4 nitrogen and oxygen atoms in total. The summed E-state index contributed by atoms with van der Waals surface area (Å²) in [6, 6.07) is 3.12. The lowest BCUT2D eigenvalue weighted by atomic mass is 10.2. The van der Waals surface area contributed by atoms with E-state index < -0.39 is 0 Å². The molecule has 2 rings (SSSR count). The summed E-state index contributed by atoms with van der Waals surface area (Å²) in [5.41, 5.74) is 1.45. The van der Waals surface area contributed by atoms with Crippen LogP contribution in [0.3, 0.4) is 0 Å². The van der Waals surface area contributed by atoms with Crippen molar-refractivity contribution in [3.05, 3.63) is 45.1 Å². The summed E-state index contributed by atoms with van der Waals surface area (Å²) in [4.78, 5) is 20.1. The molecule has 0 radical (unpaired) electrons. The first-order valence-electron chi connectivity index (χ1n) is 5.40. The van der Waals surface area contributed by atoms with Gasteiger partial charge in [0, 0.05) is 17.3 Å².